The molecule has 0 heterocycles. The Morgan fingerprint density at radius 3 is 2.52 bits per heavy atom. The van der Waals surface area contributed by atoms with E-state index in [1.807, 2.05) is 26.0 Å². The Bertz CT molecular complexity index is 561. The standard InChI is InChI=1S/C15H25BrN2O2S/c1-5-7-12(3)18(4)21(19,20)15-9-8-13(10-14(15)16)11-17-6-2/h8-10,12,17H,5-7,11H2,1-4H3. The van der Waals surface area contributed by atoms with Crippen LogP contribution in [0.5, 0.6) is 0 Å². The van der Waals surface area contributed by atoms with Crippen LogP contribution in [0.4, 0.5) is 0 Å². The fourth-order valence-corrected chi connectivity index (χ4v) is 4.60. The minimum atomic E-state index is -3.46. The van der Waals surface area contributed by atoms with E-state index in [9.17, 15) is 8.42 Å². The third-order valence-corrected chi connectivity index (χ3v) is 6.51. The first-order valence-corrected chi connectivity index (χ1v) is 9.55. The molecule has 1 aromatic carbocycles. The molecule has 0 aliphatic heterocycles. The van der Waals surface area contributed by atoms with Crippen molar-refractivity contribution in [3.8, 4) is 0 Å². The molecule has 4 nitrogen and oxygen atoms in total. The first kappa shape index (κ1) is 18.6. The Hall–Kier alpha value is -0.430. The molecule has 0 aromatic heterocycles. The Morgan fingerprint density at radius 1 is 1.33 bits per heavy atom. The number of nitrogens with one attached hydrogen (secondary N) is 1. The number of hydrogen-bond acceptors (Lipinski definition) is 3. The van der Waals surface area contributed by atoms with Gasteiger partial charge in [-0.25, -0.2) is 8.42 Å². The number of halogens is 1. The van der Waals surface area contributed by atoms with E-state index in [2.05, 4.69) is 28.2 Å². The van der Waals surface area contributed by atoms with Crippen molar-refractivity contribution >= 4 is 26.0 Å². The summed E-state index contributed by atoms with van der Waals surface area (Å²) in [6.07, 6.45) is 1.82. The van der Waals surface area contributed by atoms with Crippen LogP contribution in [0.15, 0.2) is 27.6 Å². The Balaban J connectivity index is 3.03. The summed E-state index contributed by atoms with van der Waals surface area (Å²) in [7, 11) is -1.81. The van der Waals surface area contributed by atoms with E-state index < -0.39 is 10.0 Å². The molecule has 1 atom stereocenters. The summed E-state index contributed by atoms with van der Waals surface area (Å²) >= 11 is 3.40. The normalized spacial score (nSPS) is 13.6. The largest absolute Gasteiger partial charge is 0.313 e. The molecule has 0 amide bonds. The number of hydrogen-bond donors (Lipinski definition) is 1. The lowest BCUT2D eigenvalue weighted by Gasteiger charge is -2.24. The summed E-state index contributed by atoms with van der Waals surface area (Å²) in [5.74, 6) is 0. The highest BCUT2D eigenvalue weighted by Gasteiger charge is 2.26. The van der Waals surface area contributed by atoms with E-state index >= 15 is 0 Å². The number of nitrogens with zero attached hydrogens (tertiary/aromatic N) is 1. The smallest absolute Gasteiger partial charge is 0.244 e. The Morgan fingerprint density at radius 2 is 2.00 bits per heavy atom. The van der Waals surface area contributed by atoms with E-state index in [0.717, 1.165) is 31.5 Å². The molecule has 1 unspecified atom stereocenters. The highest BCUT2D eigenvalue weighted by atomic mass is 79.9. The molecule has 1 N–H and O–H groups in total. The fourth-order valence-electron chi connectivity index (χ4n) is 2.12. The molecule has 0 saturated heterocycles. The van der Waals surface area contributed by atoms with Gasteiger partial charge < -0.3 is 5.32 Å². The molecular weight excluding hydrogens is 352 g/mol. The predicted molar refractivity (Wildman–Crippen MR) is 90.8 cm³/mol. The van der Waals surface area contributed by atoms with Gasteiger partial charge in [0.1, 0.15) is 0 Å². The molecule has 0 bridgehead atoms. The second-order valence-electron chi connectivity index (χ2n) is 5.20. The molecule has 0 saturated carbocycles. The van der Waals surface area contributed by atoms with Crippen molar-refractivity contribution in [1.29, 1.82) is 0 Å². The molecular formula is C15H25BrN2O2S. The lowest BCUT2D eigenvalue weighted by Crippen LogP contribution is -2.35. The monoisotopic (exact) mass is 376 g/mol. The summed E-state index contributed by atoms with van der Waals surface area (Å²) in [6.45, 7) is 7.65. The number of sulfonamides is 1. The van der Waals surface area contributed by atoms with Gasteiger partial charge in [0.2, 0.25) is 10.0 Å². The third kappa shape index (κ3) is 4.77. The van der Waals surface area contributed by atoms with E-state index in [1.165, 1.54) is 4.31 Å². The Kier molecular flexibility index (Phi) is 7.33. The van der Waals surface area contributed by atoms with Crippen molar-refractivity contribution in [2.75, 3.05) is 13.6 Å². The lowest BCUT2D eigenvalue weighted by atomic mass is 10.2. The molecule has 1 rings (SSSR count). The quantitative estimate of drug-likeness (QED) is 0.756. The van der Waals surface area contributed by atoms with Crippen molar-refractivity contribution in [1.82, 2.24) is 9.62 Å². The predicted octanol–water partition coefficient (Wildman–Crippen LogP) is 3.37. The van der Waals surface area contributed by atoms with Crippen LogP contribution in [-0.2, 0) is 16.6 Å². The zero-order valence-electron chi connectivity index (χ0n) is 13.2. The molecule has 0 radical (unpaired) electrons. The van der Waals surface area contributed by atoms with Crippen molar-refractivity contribution in [3.63, 3.8) is 0 Å². The summed E-state index contributed by atoms with van der Waals surface area (Å²) in [5, 5.41) is 3.23. The minimum Gasteiger partial charge on any atom is -0.313 e. The van der Waals surface area contributed by atoms with Gasteiger partial charge in [-0.2, -0.15) is 4.31 Å². The van der Waals surface area contributed by atoms with E-state index in [0.29, 0.717) is 9.37 Å². The Labute approximate surface area is 137 Å². The first-order chi connectivity index (χ1) is 9.84. The fraction of sp³-hybridized carbons (Fsp3) is 0.600. The SMILES string of the molecule is CCCC(C)N(C)S(=O)(=O)c1ccc(CNCC)cc1Br. The average Bonchev–Trinajstić information content (AvgIpc) is 2.44. The van der Waals surface area contributed by atoms with Crippen LogP contribution in [-0.4, -0.2) is 32.4 Å². The van der Waals surface area contributed by atoms with Gasteiger partial charge in [0.25, 0.3) is 0 Å². The summed E-state index contributed by atoms with van der Waals surface area (Å²) in [4.78, 5) is 0.327. The molecule has 0 aliphatic rings. The van der Waals surface area contributed by atoms with Crippen LogP contribution in [0.25, 0.3) is 0 Å². The summed E-state index contributed by atoms with van der Waals surface area (Å²) in [6, 6.07) is 5.40. The maximum Gasteiger partial charge on any atom is 0.244 e. The van der Waals surface area contributed by atoms with Crippen molar-refractivity contribution in [3.05, 3.63) is 28.2 Å². The number of rotatable bonds is 8. The molecule has 0 fully saturated rings. The third-order valence-electron chi connectivity index (χ3n) is 3.56. The van der Waals surface area contributed by atoms with Crippen LogP contribution in [0.3, 0.4) is 0 Å². The van der Waals surface area contributed by atoms with Gasteiger partial charge in [-0.05, 0) is 53.5 Å². The van der Waals surface area contributed by atoms with E-state index in [4.69, 9.17) is 0 Å². The first-order valence-electron chi connectivity index (χ1n) is 7.31. The molecule has 0 spiro atoms. The van der Waals surface area contributed by atoms with E-state index in [-0.39, 0.29) is 6.04 Å². The molecule has 6 heteroatoms. The van der Waals surface area contributed by atoms with E-state index in [1.54, 1.807) is 13.1 Å². The van der Waals surface area contributed by atoms with Crippen LogP contribution >= 0.6 is 15.9 Å². The second kappa shape index (κ2) is 8.27. The maximum atomic E-state index is 12.7. The molecule has 1 aromatic rings. The summed E-state index contributed by atoms with van der Waals surface area (Å²) in [5.41, 5.74) is 1.06. The molecule has 120 valence electrons. The maximum absolute atomic E-state index is 12.7. The highest BCUT2D eigenvalue weighted by molar-refractivity contribution is 9.10. The number of benzene rings is 1. The van der Waals surface area contributed by atoms with Gasteiger partial charge in [-0.1, -0.05) is 26.3 Å². The average molecular weight is 377 g/mol. The highest BCUT2D eigenvalue weighted by Crippen LogP contribution is 2.27. The van der Waals surface area contributed by atoms with Gasteiger partial charge in [-0.3, -0.25) is 0 Å². The molecule has 21 heavy (non-hydrogen) atoms. The summed E-state index contributed by atoms with van der Waals surface area (Å²) < 4.78 is 27.4. The van der Waals surface area contributed by atoms with Crippen LogP contribution < -0.4 is 5.32 Å². The van der Waals surface area contributed by atoms with Crippen LogP contribution in [0, 0.1) is 0 Å². The minimum absolute atomic E-state index is 0.00617. The van der Waals surface area contributed by atoms with Crippen LogP contribution in [0.1, 0.15) is 39.2 Å². The van der Waals surface area contributed by atoms with Gasteiger partial charge in [0.05, 0.1) is 4.90 Å². The van der Waals surface area contributed by atoms with Crippen molar-refractivity contribution < 1.29 is 8.42 Å². The second-order valence-corrected chi connectivity index (χ2v) is 8.02. The zero-order valence-corrected chi connectivity index (χ0v) is 15.6. The lowest BCUT2D eigenvalue weighted by molar-refractivity contribution is 0.368. The zero-order chi connectivity index (χ0) is 16.0. The van der Waals surface area contributed by atoms with Crippen molar-refractivity contribution in [2.45, 2.75) is 51.1 Å². The van der Waals surface area contributed by atoms with Gasteiger partial charge in [0, 0.05) is 24.1 Å². The van der Waals surface area contributed by atoms with Gasteiger partial charge >= 0.3 is 0 Å². The van der Waals surface area contributed by atoms with Crippen molar-refractivity contribution in [2.24, 2.45) is 0 Å². The molecule has 0 aliphatic carbocycles. The van der Waals surface area contributed by atoms with Gasteiger partial charge in [-0.15, -0.1) is 0 Å². The van der Waals surface area contributed by atoms with Gasteiger partial charge in [0.15, 0.2) is 0 Å². The topological polar surface area (TPSA) is 49.4 Å². The van der Waals surface area contributed by atoms with Crippen LogP contribution in [0.2, 0.25) is 0 Å².